The van der Waals surface area contributed by atoms with E-state index in [0.717, 1.165) is 47.0 Å². The van der Waals surface area contributed by atoms with Crippen LogP contribution in [0.4, 0.5) is 5.95 Å². The molecule has 0 aliphatic carbocycles. The minimum atomic E-state index is 0.753. The number of aromatic nitrogens is 2. The number of para-hydroxylation sites is 2. The van der Waals surface area contributed by atoms with Gasteiger partial charge in [-0.25, -0.2) is 4.98 Å². The van der Waals surface area contributed by atoms with Crippen LogP contribution >= 0.6 is 0 Å². The molecule has 114 valence electrons. The molecule has 1 heterocycles. The van der Waals surface area contributed by atoms with Crippen molar-refractivity contribution in [1.82, 2.24) is 9.97 Å². The molecule has 3 rings (SSSR count). The Morgan fingerprint density at radius 2 is 1.95 bits per heavy atom. The molecular weight excluding hydrogens is 278 g/mol. The zero-order chi connectivity index (χ0) is 15.4. The van der Waals surface area contributed by atoms with Gasteiger partial charge in [0.05, 0.1) is 25.3 Å². The molecule has 2 aromatic carbocycles. The van der Waals surface area contributed by atoms with E-state index < -0.39 is 0 Å². The molecule has 0 spiro atoms. The Morgan fingerprint density at radius 3 is 2.73 bits per heavy atom. The molecule has 0 saturated heterocycles. The van der Waals surface area contributed by atoms with Gasteiger partial charge in [0.15, 0.2) is 0 Å². The van der Waals surface area contributed by atoms with Crippen LogP contribution in [-0.4, -0.2) is 30.7 Å². The molecule has 0 aliphatic heterocycles. The molecule has 2 N–H and O–H groups in total. The number of fused-ring (bicyclic) bond motifs is 1. The minimum Gasteiger partial charge on any atom is -0.497 e. The second-order valence-corrected chi connectivity index (χ2v) is 4.96. The number of ether oxygens (including phenoxy) is 2. The first-order valence-corrected chi connectivity index (χ1v) is 7.19. The molecule has 0 unspecified atom stereocenters. The number of hydrogen-bond acceptors (Lipinski definition) is 4. The molecular formula is C17H19N3O2. The number of hydrogen-bond donors (Lipinski definition) is 2. The van der Waals surface area contributed by atoms with Crippen LogP contribution in [0, 0.1) is 0 Å². The second-order valence-electron chi connectivity index (χ2n) is 4.96. The monoisotopic (exact) mass is 297 g/mol. The normalized spacial score (nSPS) is 10.6. The van der Waals surface area contributed by atoms with Gasteiger partial charge in [-0.2, -0.15) is 0 Å². The van der Waals surface area contributed by atoms with Crippen molar-refractivity contribution in [1.29, 1.82) is 0 Å². The molecule has 5 nitrogen and oxygen atoms in total. The summed E-state index contributed by atoms with van der Waals surface area (Å²) in [7, 11) is 3.34. The van der Waals surface area contributed by atoms with Gasteiger partial charge in [-0.3, -0.25) is 0 Å². The summed E-state index contributed by atoms with van der Waals surface area (Å²) in [5, 5.41) is 3.31. The van der Waals surface area contributed by atoms with Crippen LogP contribution in [0.2, 0.25) is 0 Å². The zero-order valence-corrected chi connectivity index (χ0v) is 12.7. The lowest BCUT2D eigenvalue weighted by molar-refractivity contribution is 0.399. The lowest BCUT2D eigenvalue weighted by atomic mass is 10.1. The van der Waals surface area contributed by atoms with Crippen LogP contribution < -0.4 is 14.8 Å². The van der Waals surface area contributed by atoms with E-state index in [1.165, 1.54) is 0 Å². The molecule has 0 bridgehead atoms. The summed E-state index contributed by atoms with van der Waals surface area (Å²) >= 11 is 0. The highest BCUT2D eigenvalue weighted by molar-refractivity contribution is 5.77. The number of H-pyrrole nitrogens is 1. The van der Waals surface area contributed by atoms with Crippen molar-refractivity contribution >= 4 is 17.0 Å². The Balaban J connectivity index is 1.67. The Labute approximate surface area is 129 Å². The highest BCUT2D eigenvalue weighted by Gasteiger charge is 2.06. The van der Waals surface area contributed by atoms with Gasteiger partial charge >= 0.3 is 0 Å². The van der Waals surface area contributed by atoms with Crippen LogP contribution in [0.5, 0.6) is 11.5 Å². The van der Waals surface area contributed by atoms with E-state index in [2.05, 4.69) is 15.3 Å². The van der Waals surface area contributed by atoms with Crippen molar-refractivity contribution in [3.05, 3.63) is 48.0 Å². The molecule has 3 aromatic rings. The van der Waals surface area contributed by atoms with Crippen molar-refractivity contribution in [2.75, 3.05) is 26.1 Å². The van der Waals surface area contributed by atoms with Gasteiger partial charge in [0.25, 0.3) is 0 Å². The van der Waals surface area contributed by atoms with E-state index >= 15 is 0 Å². The molecule has 0 radical (unpaired) electrons. The molecule has 22 heavy (non-hydrogen) atoms. The summed E-state index contributed by atoms with van der Waals surface area (Å²) in [4.78, 5) is 7.75. The average Bonchev–Trinajstić information content (AvgIpc) is 2.97. The average molecular weight is 297 g/mol. The standard InChI is InChI=1S/C17H19N3O2/c1-21-13-7-8-16(22-2)12(11-13)9-10-18-17-19-14-5-3-4-6-15(14)20-17/h3-8,11H,9-10H2,1-2H3,(H2,18,19,20). The largest absolute Gasteiger partial charge is 0.497 e. The second kappa shape index (κ2) is 6.39. The van der Waals surface area contributed by atoms with Crippen molar-refractivity contribution in [2.24, 2.45) is 0 Å². The number of nitrogens with one attached hydrogen (secondary N) is 2. The fourth-order valence-corrected chi connectivity index (χ4v) is 2.43. The third kappa shape index (κ3) is 2.98. The quantitative estimate of drug-likeness (QED) is 0.733. The van der Waals surface area contributed by atoms with E-state index in [1.807, 2.05) is 42.5 Å². The van der Waals surface area contributed by atoms with E-state index in [0.29, 0.717) is 0 Å². The van der Waals surface area contributed by atoms with Gasteiger partial charge in [0.2, 0.25) is 5.95 Å². The number of imidazole rings is 1. The maximum atomic E-state index is 5.39. The number of nitrogens with zero attached hydrogens (tertiary/aromatic N) is 1. The van der Waals surface area contributed by atoms with Gasteiger partial charge in [-0.05, 0) is 42.3 Å². The van der Waals surface area contributed by atoms with Gasteiger partial charge in [-0.15, -0.1) is 0 Å². The fourth-order valence-electron chi connectivity index (χ4n) is 2.43. The Kier molecular flexibility index (Phi) is 4.14. The first-order valence-electron chi connectivity index (χ1n) is 7.19. The summed E-state index contributed by atoms with van der Waals surface area (Å²) in [5.74, 6) is 2.48. The van der Waals surface area contributed by atoms with Crippen LogP contribution in [-0.2, 0) is 6.42 Å². The highest BCUT2D eigenvalue weighted by atomic mass is 16.5. The maximum Gasteiger partial charge on any atom is 0.201 e. The first-order chi connectivity index (χ1) is 10.8. The van der Waals surface area contributed by atoms with Gasteiger partial charge in [0, 0.05) is 6.54 Å². The molecule has 1 aromatic heterocycles. The third-order valence-corrected chi connectivity index (χ3v) is 3.56. The number of aromatic amines is 1. The van der Waals surface area contributed by atoms with Gasteiger partial charge in [0.1, 0.15) is 11.5 Å². The van der Waals surface area contributed by atoms with E-state index in [9.17, 15) is 0 Å². The Bertz CT molecular complexity index is 734. The van der Waals surface area contributed by atoms with Crippen LogP contribution in [0.25, 0.3) is 11.0 Å². The Hall–Kier alpha value is -2.69. The third-order valence-electron chi connectivity index (χ3n) is 3.56. The van der Waals surface area contributed by atoms with Gasteiger partial charge < -0.3 is 19.8 Å². The summed E-state index contributed by atoms with van der Waals surface area (Å²) < 4.78 is 10.7. The summed E-state index contributed by atoms with van der Waals surface area (Å²) in [5.41, 5.74) is 3.10. The predicted octanol–water partition coefficient (Wildman–Crippen LogP) is 3.23. The van der Waals surface area contributed by atoms with Crippen molar-refractivity contribution in [3.8, 4) is 11.5 Å². The zero-order valence-electron chi connectivity index (χ0n) is 12.7. The smallest absolute Gasteiger partial charge is 0.201 e. The molecule has 0 saturated carbocycles. The van der Waals surface area contributed by atoms with E-state index in [1.54, 1.807) is 14.2 Å². The highest BCUT2D eigenvalue weighted by Crippen LogP contribution is 2.24. The Morgan fingerprint density at radius 1 is 1.09 bits per heavy atom. The van der Waals surface area contributed by atoms with Crippen molar-refractivity contribution in [3.63, 3.8) is 0 Å². The number of rotatable bonds is 6. The first kappa shape index (κ1) is 14.3. The molecule has 0 fully saturated rings. The predicted molar refractivity (Wildman–Crippen MR) is 87.8 cm³/mol. The lowest BCUT2D eigenvalue weighted by Crippen LogP contribution is -2.07. The fraction of sp³-hybridized carbons (Fsp3) is 0.235. The molecule has 0 amide bonds. The summed E-state index contributed by atoms with van der Waals surface area (Å²) in [6.45, 7) is 0.753. The van der Waals surface area contributed by atoms with Gasteiger partial charge in [-0.1, -0.05) is 12.1 Å². The summed E-state index contributed by atoms with van der Waals surface area (Å²) in [6, 6.07) is 13.8. The summed E-state index contributed by atoms with van der Waals surface area (Å²) in [6.07, 6.45) is 0.817. The maximum absolute atomic E-state index is 5.39. The van der Waals surface area contributed by atoms with E-state index in [-0.39, 0.29) is 0 Å². The number of anilines is 1. The minimum absolute atomic E-state index is 0.753. The van der Waals surface area contributed by atoms with Crippen LogP contribution in [0.15, 0.2) is 42.5 Å². The molecule has 0 atom stereocenters. The molecule has 0 aliphatic rings. The number of benzene rings is 2. The lowest BCUT2D eigenvalue weighted by Gasteiger charge is -2.10. The van der Waals surface area contributed by atoms with Crippen molar-refractivity contribution in [2.45, 2.75) is 6.42 Å². The van der Waals surface area contributed by atoms with Crippen LogP contribution in [0.3, 0.4) is 0 Å². The van der Waals surface area contributed by atoms with Crippen LogP contribution in [0.1, 0.15) is 5.56 Å². The molecule has 5 heteroatoms. The van der Waals surface area contributed by atoms with E-state index in [4.69, 9.17) is 9.47 Å². The number of methoxy groups -OCH3 is 2. The topological polar surface area (TPSA) is 59.2 Å². The SMILES string of the molecule is COc1ccc(OC)c(CCNc2nc3ccccc3[nH]2)c1. The van der Waals surface area contributed by atoms with Crippen molar-refractivity contribution < 1.29 is 9.47 Å².